The molecule has 0 spiro atoms. The third-order valence-corrected chi connectivity index (χ3v) is 3.10. The SMILES string of the molecule is CCNCc1cc(F)ccc1-c1ccc(OC)c(F)c1. The molecule has 1 N–H and O–H groups in total. The number of hydrogen-bond donors (Lipinski definition) is 1. The Balaban J connectivity index is 2.43. The molecule has 0 heterocycles. The monoisotopic (exact) mass is 277 g/mol. The van der Waals surface area contributed by atoms with Gasteiger partial charge in [-0.25, -0.2) is 8.78 Å². The van der Waals surface area contributed by atoms with Crippen molar-refractivity contribution in [2.24, 2.45) is 0 Å². The number of methoxy groups -OCH3 is 1. The fourth-order valence-corrected chi connectivity index (χ4v) is 2.08. The van der Waals surface area contributed by atoms with E-state index in [0.717, 1.165) is 17.7 Å². The van der Waals surface area contributed by atoms with Crippen LogP contribution >= 0.6 is 0 Å². The van der Waals surface area contributed by atoms with Crippen molar-refractivity contribution in [3.63, 3.8) is 0 Å². The van der Waals surface area contributed by atoms with E-state index in [9.17, 15) is 8.78 Å². The first-order chi connectivity index (χ1) is 9.65. The summed E-state index contributed by atoms with van der Waals surface area (Å²) < 4.78 is 32.1. The van der Waals surface area contributed by atoms with Crippen molar-refractivity contribution in [2.75, 3.05) is 13.7 Å². The van der Waals surface area contributed by atoms with Gasteiger partial charge in [0.15, 0.2) is 11.6 Å². The standard InChI is InChI=1S/C16H17F2NO/c1-3-19-10-12-8-13(17)5-6-14(12)11-4-7-16(20-2)15(18)9-11/h4-9,19H,3,10H2,1-2H3. The molecule has 2 aromatic rings. The van der Waals surface area contributed by atoms with Gasteiger partial charge in [0.1, 0.15) is 5.82 Å². The third-order valence-electron chi connectivity index (χ3n) is 3.10. The molecule has 2 aromatic carbocycles. The number of halogens is 2. The van der Waals surface area contributed by atoms with Gasteiger partial charge >= 0.3 is 0 Å². The van der Waals surface area contributed by atoms with E-state index in [2.05, 4.69) is 5.32 Å². The lowest BCUT2D eigenvalue weighted by Crippen LogP contribution is -2.12. The van der Waals surface area contributed by atoms with E-state index in [-0.39, 0.29) is 11.6 Å². The summed E-state index contributed by atoms with van der Waals surface area (Å²) in [5.41, 5.74) is 2.32. The first-order valence-corrected chi connectivity index (χ1v) is 6.48. The minimum absolute atomic E-state index is 0.198. The number of nitrogens with one attached hydrogen (secondary N) is 1. The van der Waals surface area contributed by atoms with E-state index in [1.807, 2.05) is 6.92 Å². The molecular weight excluding hydrogens is 260 g/mol. The van der Waals surface area contributed by atoms with E-state index in [1.54, 1.807) is 18.2 Å². The lowest BCUT2D eigenvalue weighted by Gasteiger charge is -2.11. The topological polar surface area (TPSA) is 21.3 Å². The van der Waals surface area contributed by atoms with Crippen LogP contribution < -0.4 is 10.1 Å². The highest BCUT2D eigenvalue weighted by molar-refractivity contribution is 5.68. The van der Waals surface area contributed by atoms with E-state index in [0.29, 0.717) is 12.1 Å². The fourth-order valence-electron chi connectivity index (χ4n) is 2.08. The van der Waals surface area contributed by atoms with Crippen LogP contribution in [0.3, 0.4) is 0 Å². The fraction of sp³-hybridized carbons (Fsp3) is 0.250. The van der Waals surface area contributed by atoms with Crippen LogP contribution in [0, 0.1) is 11.6 Å². The van der Waals surface area contributed by atoms with Crippen LogP contribution in [0.4, 0.5) is 8.78 Å². The maximum Gasteiger partial charge on any atom is 0.165 e. The van der Waals surface area contributed by atoms with Gasteiger partial charge in [0.2, 0.25) is 0 Å². The minimum Gasteiger partial charge on any atom is -0.494 e. The van der Waals surface area contributed by atoms with Crippen molar-refractivity contribution in [3.8, 4) is 16.9 Å². The number of rotatable bonds is 5. The average molecular weight is 277 g/mol. The molecule has 0 fully saturated rings. The second kappa shape index (κ2) is 6.48. The smallest absolute Gasteiger partial charge is 0.165 e. The zero-order valence-electron chi connectivity index (χ0n) is 11.5. The molecule has 0 aliphatic heterocycles. The van der Waals surface area contributed by atoms with E-state index >= 15 is 0 Å². The van der Waals surface area contributed by atoms with Crippen molar-refractivity contribution in [1.82, 2.24) is 5.32 Å². The molecule has 106 valence electrons. The van der Waals surface area contributed by atoms with Gasteiger partial charge in [-0.3, -0.25) is 0 Å². The number of ether oxygens (including phenoxy) is 1. The lowest BCUT2D eigenvalue weighted by molar-refractivity contribution is 0.386. The normalized spacial score (nSPS) is 10.6. The molecule has 0 bridgehead atoms. The Labute approximate surface area is 117 Å². The van der Waals surface area contributed by atoms with Gasteiger partial charge in [0.05, 0.1) is 7.11 Å². The first kappa shape index (κ1) is 14.5. The quantitative estimate of drug-likeness (QED) is 0.898. The Morgan fingerprint density at radius 2 is 1.90 bits per heavy atom. The van der Waals surface area contributed by atoms with Gasteiger partial charge in [0, 0.05) is 6.54 Å². The van der Waals surface area contributed by atoms with Gasteiger partial charge in [-0.1, -0.05) is 19.1 Å². The average Bonchev–Trinajstić information content (AvgIpc) is 2.45. The molecule has 0 amide bonds. The number of hydrogen-bond acceptors (Lipinski definition) is 2. The van der Waals surface area contributed by atoms with Crippen molar-refractivity contribution in [1.29, 1.82) is 0 Å². The number of benzene rings is 2. The van der Waals surface area contributed by atoms with Crippen LogP contribution in [0.1, 0.15) is 12.5 Å². The molecule has 0 aromatic heterocycles. The molecule has 0 saturated carbocycles. The summed E-state index contributed by atoms with van der Waals surface area (Å²) in [5.74, 6) is -0.525. The van der Waals surface area contributed by atoms with Crippen LogP contribution in [0.5, 0.6) is 5.75 Å². The van der Waals surface area contributed by atoms with Crippen LogP contribution in [0.25, 0.3) is 11.1 Å². The zero-order chi connectivity index (χ0) is 14.5. The van der Waals surface area contributed by atoms with Crippen LogP contribution in [-0.4, -0.2) is 13.7 Å². The molecular formula is C16H17F2NO. The maximum absolute atomic E-state index is 13.8. The largest absolute Gasteiger partial charge is 0.494 e. The lowest BCUT2D eigenvalue weighted by atomic mass is 9.99. The molecule has 0 radical (unpaired) electrons. The molecule has 2 rings (SSSR count). The van der Waals surface area contributed by atoms with Gasteiger partial charge < -0.3 is 10.1 Å². The summed E-state index contributed by atoms with van der Waals surface area (Å²) in [6.07, 6.45) is 0. The molecule has 0 atom stereocenters. The van der Waals surface area contributed by atoms with Crippen molar-refractivity contribution in [2.45, 2.75) is 13.5 Å². The van der Waals surface area contributed by atoms with Crippen molar-refractivity contribution < 1.29 is 13.5 Å². The molecule has 0 unspecified atom stereocenters. The zero-order valence-corrected chi connectivity index (χ0v) is 11.5. The Bertz CT molecular complexity index is 599. The summed E-state index contributed by atoms with van der Waals surface area (Å²) >= 11 is 0. The summed E-state index contributed by atoms with van der Waals surface area (Å²) in [5, 5.41) is 3.15. The molecule has 0 aliphatic carbocycles. The highest BCUT2D eigenvalue weighted by Crippen LogP contribution is 2.28. The molecule has 4 heteroatoms. The summed E-state index contributed by atoms with van der Waals surface area (Å²) in [4.78, 5) is 0. The van der Waals surface area contributed by atoms with Gasteiger partial charge in [-0.15, -0.1) is 0 Å². The molecule has 0 aliphatic rings. The van der Waals surface area contributed by atoms with E-state index in [4.69, 9.17) is 4.74 Å². The summed E-state index contributed by atoms with van der Waals surface area (Å²) in [6.45, 7) is 3.30. The van der Waals surface area contributed by atoms with Crippen molar-refractivity contribution >= 4 is 0 Å². The van der Waals surface area contributed by atoms with Crippen molar-refractivity contribution in [3.05, 3.63) is 53.6 Å². The molecule has 0 saturated heterocycles. The Hall–Kier alpha value is -1.94. The summed E-state index contributed by atoms with van der Waals surface area (Å²) in [6, 6.07) is 9.27. The van der Waals surface area contributed by atoms with E-state index < -0.39 is 5.82 Å². The predicted octanol–water partition coefficient (Wildman–Crippen LogP) is 3.75. The highest BCUT2D eigenvalue weighted by atomic mass is 19.1. The third kappa shape index (κ3) is 3.14. The van der Waals surface area contributed by atoms with Gasteiger partial charge in [-0.05, 0) is 47.5 Å². The van der Waals surface area contributed by atoms with Crippen LogP contribution in [0.2, 0.25) is 0 Å². The predicted molar refractivity (Wildman–Crippen MR) is 75.7 cm³/mol. The maximum atomic E-state index is 13.8. The minimum atomic E-state index is -0.427. The van der Waals surface area contributed by atoms with Gasteiger partial charge in [-0.2, -0.15) is 0 Å². The van der Waals surface area contributed by atoms with Crippen LogP contribution in [0.15, 0.2) is 36.4 Å². The second-order valence-corrected chi connectivity index (χ2v) is 4.43. The Morgan fingerprint density at radius 1 is 1.10 bits per heavy atom. The Kier molecular flexibility index (Phi) is 4.69. The van der Waals surface area contributed by atoms with Gasteiger partial charge in [0.25, 0.3) is 0 Å². The first-order valence-electron chi connectivity index (χ1n) is 6.48. The molecule has 20 heavy (non-hydrogen) atoms. The summed E-state index contributed by atoms with van der Waals surface area (Å²) in [7, 11) is 1.42. The molecule has 2 nitrogen and oxygen atoms in total. The van der Waals surface area contributed by atoms with E-state index in [1.165, 1.54) is 25.3 Å². The Morgan fingerprint density at radius 3 is 2.55 bits per heavy atom. The second-order valence-electron chi connectivity index (χ2n) is 4.43. The van der Waals surface area contributed by atoms with Crippen LogP contribution in [-0.2, 0) is 6.54 Å². The highest BCUT2D eigenvalue weighted by Gasteiger charge is 2.09.